The lowest BCUT2D eigenvalue weighted by Gasteiger charge is -2.17. The highest BCUT2D eigenvalue weighted by Gasteiger charge is 2.30. The molecule has 0 saturated heterocycles. The molecule has 102 valence electrons. The summed E-state index contributed by atoms with van der Waals surface area (Å²) in [6.45, 7) is 0.652. The van der Waals surface area contributed by atoms with Crippen molar-refractivity contribution in [3.05, 3.63) is 35.4 Å². The zero-order valence-corrected chi connectivity index (χ0v) is 10.6. The minimum Gasteiger partial charge on any atom is -0.385 e. The van der Waals surface area contributed by atoms with Gasteiger partial charge < -0.3 is 10.1 Å². The molecule has 2 nitrogen and oxygen atoms in total. The van der Waals surface area contributed by atoms with Gasteiger partial charge in [0, 0.05) is 19.8 Å². The molecular formula is C13H18F3NO. The van der Waals surface area contributed by atoms with Gasteiger partial charge in [0.25, 0.3) is 0 Å². The average Bonchev–Trinajstić information content (AvgIpc) is 2.34. The lowest BCUT2D eigenvalue weighted by molar-refractivity contribution is -0.137. The molecule has 0 aliphatic rings. The van der Waals surface area contributed by atoms with Gasteiger partial charge >= 0.3 is 6.18 Å². The molecule has 1 aromatic rings. The number of halogens is 3. The predicted molar refractivity (Wildman–Crippen MR) is 64.4 cm³/mol. The molecule has 0 saturated carbocycles. The van der Waals surface area contributed by atoms with Crippen LogP contribution in [0.3, 0.4) is 0 Å². The Labute approximate surface area is 105 Å². The zero-order chi connectivity index (χ0) is 13.6. The number of ether oxygens (including phenoxy) is 1. The first-order chi connectivity index (χ1) is 8.49. The predicted octanol–water partition coefficient (Wildman–Crippen LogP) is 3.39. The van der Waals surface area contributed by atoms with Crippen molar-refractivity contribution >= 4 is 0 Å². The van der Waals surface area contributed by atoms with Crippen LogP contribution in [0.5, 0.6) is 0 Å². The molecule has 0 heterocycles. The molecule has 1 aromatic carbocycles. The third kappa shape index (κ3) is 4.31. The highest BCUT2D eigenvalue weighted by Crippen LogP contribution is 2.30. The van der Waals surface area contributed by atoms with Crippen LogP contribution in [0.15, 0.2) is 24.3 Å². The molecule has 1 N–H and O–H groups in total. The summed E-state index contributed by atoms with van der Waals surface area (Å²) in [7, 11) is 3.43. The second-order valence-electron chi connectivity index (χ2n) is 4.10. The maximum atomic E-state index is 12.4. The van der Waals surface area contributed by atoms with Crippen LogP contribution in [-0.2, 0) is 10.9 Å². The summed E-state index contributed by atoms with van der Waals surface area (Å²) in [6.07, 6.45) is -2.58. The Morgan fingerprint density at radius 3 is 2.28 bits per heavy atom. The highest BCUT2D eigenvalue weighted by molar-refractivity contribution is 5.26. The van der Waals surface area contributed by atoms with Gasteiger partial charge in [-0.2, -0.15) is 13.2 Å². The first kappa shape index (κ1) is 15.0. The van der Waals surface area contributed by atoms with E-state index in [1.165, 1.54) is 12.1 Å². The van der Waals surface area contributed by atoms with Gasteiger partial charge in [-0.15, -0.1) is 0 Å². The van der Waals surface area contributed by atoms with Crippen molar-refractivity contribution in [3.63, 3.8) is 0 Å². The summed E-state index contributed by atoms with van der Waals surface area (Å²) < 4.78 is 42.2. The van der Waals surface area contributed by atoms with E-state index in [4.69, 9.17) is 4.74 Å². The fourth-order valence-corrected chi connectivity index (χ4v) is 1.81. The summed E-state index contributed by atoms with van der Waals surface area (Å²) in [5.74, 6) is 0. The minimum atomic E-state index is -4.27. The fraction of sp³-hybridized carbons (Fsp3) is 0.538. The molecule has 0 bridgehead atoms. The smallest absolute Gasteiger partial charge is 0.385 e. The second kappa shape index (κ2) is 6.75. The zero-order valence-electron chi connectivity index (χ0n) is 10.6. The van der Waals surface area contributed by atoms with Crippen LogP contribution in [0.2, 0.25) is 0 Å². The number of alkyl halides is 3. The largest absolute Gasteiger partial charge is 0.416 e. The van der Waals surface area contributed by atoms with Crippen LogP contribution in [-0.4, -0.2) is 20.8 Å². The van der Waals surface area contributed by atoms with Crippen LogP contribution in [0, 0.1) is 0 Å². The van der Waals surface area contributed by atoms with Gasteiger partial charge in [0.1, 0.15) is 0 Å². The molecule has 0 aromatic heterocycles. The van der Waals surface area contributed by atoms with E-state index in [0.717, 1.165) is 30.5 Å². The first-order valence-corrected chi connectivity index (χ1v) is 5.82. The average molecular weight is 261 g/mol. The summed E-state index contributed by atoms with van der Waals surface area (Å²) in [4.78, 5) is 0. The van der Waals surface area contributed by atoms with Crippen LogP contribution in [0.4, 0.5) is 13.2 Å². The Morgan fingerprint density at radius 1 is 1.22 bits per heavy atom. The molecule has 0 aliphatic heterocycles. The topological polar surface area (TPSA) is 21.3 Å². The van der Waals surface area contributed by atoms with E-state index in [1.807, 2.05) is 0 Å². The Morgan fingerprint density at radius 2 is 1.83 bits per heavy atom. The summed E-state index contributed by atoms with van der Waals surface area (Å²) in [5, 5.41) is 3.10. The normalized spacial score (nSPS) is 13.6. The molecule has 1 unspecified atom stereocenters. The first-order valence-electron chi connectivity index (χ1n) is 5.82. The lowest BCUT2D eigenvalue weighted by atomic mass is 10.0. The molecule has 0 radical (unpaired) electrons. The van der Waals surface area contributed by atoms with E-state index >= 15 is 0 Å². The minimum absolute atomic E-state index is 0.0578. The van der Waals surface area contributed by atoms with E-state index < -0.39 is 11.7 Å². The van der Waals surface area contributed by atoms with E-state index in [2.05, 4.69) is 5.32 Å². The molecule has 18 heavy (non-hydrogen) atoms. The summed E-state index contributed by atoms with van der Waals surface area (Å²) in [6, 6.07) is 5.35. The van der Waals surface area contributed by atoms with Crippen LogP contribution < -0.4 is 5.32 Å². The Hall–Kier alpha value is -1.07. The number of nitrogens with one attached hydrogen (secondary N) is 1. The van der Waals surface area contributed by atoms with Crippen molar-refractivity contribution in [2.45, 2.75) is 25.1 Å². The molecule has 5 heteroatoms. The Kier molecular flexibility index (Phi) is 5.62. The maximum absolute atomic E-state index is 12.4. The van der Waals surface area contributed by atoms with Gasteiger partial charge in [-0.1, -0.05) is 12.1 Å². The van der Waals surface area contributed by atoms with Crippen molar-refractivity contribution in [1.82, 2.24) is 5.32 Å². The number of methoxy groups -OCH3 is 1. The van der Waals surface area contributed by atoms with Crippen LogP contribution >= 0.6 is 0 Å². The van der Waals surface area contributed by atoms with Gasteiger partial charge in [0.2, 0.25) is 0 Å². The maximum Gasteiger partial charge on any atom is 0.416 e. The molecule has 1 rings (SSSR count). The number of hydrogen-bond donors (Lipinski definition) is 1. The molecule has 1 atom stereocenters. The monoisotopic (exact) mass is 261 g/mol. The van der Waals surface area contributed by atoms with Crippen molar-refractivity contribution in [1.29, 1.82) is 0 Å². The van der Waals surface area contributed by atoms with Crippen molar-refractivity contribution < 1.29 is 17.9 Å². The standard InChI is InChI=1S/C13H18F3NO/c1-17-12(4-3-9-18-2)10-5-7-11(8-6-10)13(14,15)16/h5-8,12,17H,3-4,9H2,1-2H3. The second-order valence-corrected chi connectivity index (χ2v) is 4.10. The third-order valence-corrected chi connectivity index (χ3v) is 2.83. The van der Waals surface area contributed by atoms with Crippen LogP contribution in [0.1, 0.15) is 30.0 Å². The molecule has 0 spiro atoms. The highest BCUT2D eigenvalue weighted by atomic mass is 19.4. The summed E-state index contributed by atoms with van der Waals surface area (Å²) >= 11 is 0. The molecule has 0 amide bonds. The van der Waals surface area contributed by atoms with Gasteiger partial charge in [-0.25, -0.2) is 0 Å². The lowest BCUT2D eigenvalue weighted by Crippen LogP contribution is -2.17. The van der Waals surface area contributed by atoms with E-state index in [-0.39, 0.29) is 6.04 Å². The number of hydrogen-bond acceptors (Lipinski definition) is 2. The van der Waals surface area contributed by atoms with Crippen molar-refractivity contribution in [2.24, 2.45) is 0 Å². The van der Waals surface area contributed by atoms with Gasteiger partial charge in [0.05, 0.1) is 5.56 Å². The Balaban J connectivity index is 2.69. The van der Waals surface area contributed by atoms with E-state index in [1.54, 1.807) is 14.2 Å². The van der Waals surface area contributed by atoms with Gasteiger partial charge in [0.15, 0.2) is 0 Å². The quantitative estimate of drug-likeness (QED) is 0.792. The molecule has 0 fully saturated rings. The SMILES string of the molecule is CNC(CCCOC)c1ccc(C(F)(F)F)cc1. The van der Waals surface area contributed by atoms with Crippen molar-refractivity contribution in [2.75, 3.05) is 20.8 Å². The van der Waals surface area contributed by atoms with Gasteiger partial charge in [-0.05, 0) is 37.6 Å². The van der Waals surface area contributed by atoms with Gasteiger partial charge in [-0.3, -0.25) is 0 Å². The summed E-state index contributed by atoms with van der Waals surface area (Å²) in [5.41, 5.74) is 0.250. The third-order valence-electron chi connectivity index (χ3n) is 2.83. The molecular weight excluding hydrogens is 243 g/mol. The fourth-order valence-electron chi connectivity index (χ4n) is 1.81. The van der Waals surface area contributed by atoms with E-state index in [0.29, 0.717) is 6.61 Å². The molecule has 0 aliphatic carbocycles. The number of rotatable bonds is 6. The van der Waals surface area contributed by atoms with Crippen molar-refractivity contribution in [3.8, 4) is 0 Å². The van der Waals surface area contributed by atoms with Crippen LogP contribution in [0.25, 0.3) is 0 Å². The van der Waals surface area contributed by atoms with E-state index in [9.17, 15) is 13.2 Å². The Bertz CT molecular complexity index is 348. The number of benzene rings is 1.